The Kier molecular flexibility index (Phi) is 4.28. The Morgan fingerprint density at radius 3 is 2.14 bits per heavy atom. The molecule has 3 rings (SSSR count). The van der Waals surface area contributed by atoms with Crippen LogP contribution in [-0.2, 0) is 26.6 Å². The van der Waals surface area contributed by atoms with E-state index in [4.69, 9.17) is 0 Å². The minimum atomic E-state index is -3.41. The second kappa shape index (κ2) is 5.92. The van der Waals surface area contributed by atoms with Gasteiger partial charge in [-0.2, -0.15) is 4.31 Å². The minimum Gasteiger partial charge on any atom is -0.212 e. The van der Waals surface area contributed by atoms with Gasteiger partial charge in [0.15, 0.2) is 0 Å². The first-order valence-corrected chi connectivity index (χ1v) is 10.5. The molecule has 1 N–H and O–H groups in total. The molecule has 2 aliphatic rings. The average Bonchev–Trinajstić information content (AvgIpc) is 3.21. The summed E-state index contributed by atoms with van der Waals surface area (Å²) in [6, 6.07) is 6.43. The van der Waals surface area contributed by atoms with Crippen LogP contribution < -0.4 is 4.72 Å². The van der Waals surface area contributed by atoms with Gasteiger partial charge in [0.25, 0.3) is 0 Å². The highest BCUT2D eigenvalue weighted by molar-refractivity contribution is 7.90. The molecule has 1 heterocycles. The van der Waals surface area contributed by atoms with Crippen molar-refractivity contribution in [3.05, 3.63) is 29.8 Å². The summed E-state index contributed by atoms with van der Waals surface area (Å²) in [4.78, 5) is 0.267. The van der Waals surface area contributed by atoms with Gasteiger partial charge in [-0.1, -0.05) is 12.1 Å². The van der Waals surface area contributed by atoms with E-state index in [1.165, 1.54) is 4.31 Å². The van der Waals surface area contributed by atoms with Gasteiger partial charge in [-0.15, -0.1) is 0 Å². The molecule has 1 aliphatic heterocycles. The summed E-state index contributed by atoms with van der Waals surface area (Å²) in [7, 11) is -6.62. The Morgan fingerprint density at radius 1 is 1.00 bits per heavy atom. The highest BCUT2D eigenvalue weighted by atomic mass is 32.2. The summed E-state index contributed by atoms with van der Waals surface area (Å²) in [5.41, 5.74) is 0.754. The van der Waals surface area contributed by atoms with Crippen molar-refractivity contribution in [1.82, 2.24) is 9.03 Å². The molecular formula is C14H20N2O4S2. The van der Waals surface area contributed by atoms with E-state index in [2.05, 4.69) is 4.72 Å². The second-order valence-electron chi connectivity index (χ2n) is 5.82. The van der Waals surface area contributed by atoms with Gasteiger partial charge in [0.05, 0.1) is 10.1 Å². The smallest absolute Gasteiger partial charge is 0.212 e. The van der Waals surface area contributed by atoms with Crippen molar-refractivity contribution >= 4 is 20.0 Å². The Morgan fingerprint density at radius 2 is 1.59 bits per heavy atom. The van der Waals surface area contributed by atoms with Gasteiger partial charge < -0.3 is 0 Å². The summed E-state index contributed by atoms with van der Waals surface area (Å²) < 4.78 is 52.3. The quantitative estimate of drug-likeness (QED) is 0.836. The number of nitrogens with zero attached hydrogens (tertiary/aromatic N) is 1. The molecule has 1 saturated heterocycles. The Balaban J connectivity index is 1.67. The lowest BCUT2D eigenvalue weighted by molar-refractivity contribution is 0.477. The molecule has 0 radical (unpaired) electrons. The third-order valence-electron chi connectivity index (χ3n) is 4.07. The maximum atomic E-state index is 12.4. The zero-order chi connectivity index (χ0) is 15.8. The molecule has 0 atom stereocenters. The molecular weight excluding hydrogens is 324 g/mol. The predicted octanol–water partition coefficient (Wildman–Crippen LogP) is 1.05. The van der Waals surface area contributed by atoms with Crippen LogP contribution in [0.2, 0.25) is 0 Å². The topological polar surface area (TPSA) is 83.5 Å². The molecule has 1 aromatic carbocycles. The molecule has 1 saturated carbocycles. The third kappa shape index (κ3) is 3.34. The van der Waals surface area contributed by atoms with Crippen molar-refractivity contribution in [3.63, 3.8) is 0 Å². The largest absolute Gasteiger partial charge is 0.243 e. The fourth-order valence-corrected chi connectivity index (χ4v) is 5.41. The van der Waals surface area contributed by atoms with Crippen LogP contribution >= 0.6 is 0 Å². The molecule has 2 fully saturated rings. The van der Waals surface area contributed by atoms with Gasteiger partial charge in [0, 0.05) is 19.6 Å². The monoisotopic (exact) mass is 344 g/mol. The van der Waals surface area contributed by atoms with E-state index in [1.54, 1.807) is 24.3 Å². The summed E-state index contributed by atoms with van der Waals surface area (Å²) in [6.07, 6.45) is 3.26. The van der Waals surface area contributed by atoms with E-state index < -0.39 is 20.0 Å². The zero-order valence-electron chi connectivity index (χ0n) is 12.2. The van der Waals surface area contributed by atoms with Crippen LogP contribution in [0.4, 0.5) is 0 Å². The van der Waals surface area contributed by atoms with E-state index in [1.807, 2.05) is 0 Å². The lowest BCUT2D eigenvalue weighted by Gasteiger charge is -2.15. The molecule has 22 heavy (non-hydrogen) atoms. The first-order chi connectivity index (χ1) is 10.4. The lowest BCUT2D eigenvalue weighted by atomic mass is 10.2. The molecule has 0 bridgehead atoms. The van der Waals surface area contributed by atoms with E-state index in [0.717, 1.165) is 31.2 Å². The van der Waals surface area contributed by atoms with Crippen LogP contribution in [-0.4, -0.2) is 39.5 Å². The van der Waals surface area contributed by atoms with Gasteiger partial charge in [0.2, 0.25) is 20.0 Å². The average molecular weight is 344 g/mol. The molecule has 8 heteroatoms. The molecule has 1 aromatic rings. The van der Waals surface area contributed by atoms with E-state index in [9.17, 15) is 16.8 Å². The van der Waals surface area contributed by atoms with Gasteiger partial charge in [-0.25, -0.2) is 21.6 Å². The molecule has 122 valence electrons. The fourth-order valence-electron chi connectivity index (χ4n) is 2.54. The maximum Gasteiger partial charge on any atom is 0.243 e. The number of benzene rings is 1. The summed E-state index contributed by atoms with van der Waals surface area (Å²) in [5, 5.41) is -0.248. The Labute approximate surface area is 131 Å². The Hall–Kier alpha value is -0.960. The zero-order valence-corrected chi connectivity index (χ0v) is 13.9. The van der Waals surface area contributed by atoms with Gasteiger partial charge >= 0.3 is 0 Å². The van der Waals surface area contributed by atoms with Gasteiger partial charge in [-0.3, -0.25) is 0 Å². The van der Waals surface area contributed by atoms with Crippen molar-refractivity contribution in [3.8, 4) is 0 Å². The van der Waals surface area contributed by atoms with E-state index in [0.29, 0.717) is 13.1 Å². The van der Waals surface area contributed by atoms with Gasteiger partial charge in [0.1, 0.15) is 0 Å². The van der Waals surface area contributed by atoms with Crippen LogP contribution in [0.1, 0.15) is 31.2 Å². The minimum absolute atomic E-state index is 0.197. The number of hydrogen-bond acceptors (Lipinski definition) is 4. The van der Waals surface area contributed by atoms with Crippen LogP contribution in [0.3, 0.4) is 0 Å². The third-order valence-corrected chi connectivity index (χ3v) is 7.88. The standard InChI is InChI=1S/C14H20N2O4S2/c17-21(18,13-7-8-13)15-11-12-3-5-14(6-4-12)22(19,20)16-9-1-2-10-16/h3-6,13,15H,1-2,7-11H2. The molecule has 6 nitrogen and oxygen atoms in total. The molecule has 0 unspecified atom stereocenters. The molecule has 0 aromatic heterocycles. The highest BCUT2D eigenvalue weighted by Crippen LogP contribution is 2.27. The second-order valence-corrected chi connectivity index (χ2v) is 9.80. The van der Waals surface area contributed by atoms with Crippen LogP contribution in [0.25, 0.3) is 0 Å². The van der Waals surface area contributed by atoms with Crippen LogP contribution in [0.15, 0.2) is 29.2 Å². The number of sulfonamides is 2. The van der Waals surface area contributed by atoms with Crippen molar-refractivity contribution < 1.29 is 16.8 Å². The van der Waals surface area contributed by atoms with Crippen molar-refractivity contribution in [2.24, 2.45) is 0 Å². The maximum absolute atomic E-state index is 12.4. The Bertz CT molecular complexity index is 732. The summed E-state index contributed by atoms with van der Waals surface area (Å²) in [5.74, 6) is 0. The summed E-state index contributed by atoms with van der Waals surface area (Å²) >= 11 is 0. The van der Waals surface area contributed by atoms with Crippen LogP contribution in [0, 0.1) is 0 Å². The fraction of sp³-hybridized carbons (Fsp3) is 0.571. The molecule has 1 aliphatic carbocycles. The van der Waals surface area contributed by atoms with E-state index in [-0.39, 0.29) is 16.7 Å². The number of rotatable bonds is 6. The van der Waals surface area contributed by atoms with Crippen LogP contribution in [0.5, 0.6) is 0 Å². The predicted molar refractivity (Wildman–Crippen MR) is 83.2 cm³/mol. The number of hydrogen-bond donors (Lipinski definition) is 1. The number of nitrogens with one attached hydrogen (secondary N) is 1. The first kappa shape index (κ1) is 15.9. The highest BCUT2D eigenvalue weighted by Gasteiger charge is 2.35. The summed E-state index contributed by atoms with van der Waals surface area (Å²) in [6.45, 7) is 1.35. The van der Waals surface area contributed by atoms with Gasteiger partial charge in [-0.05, 0) is 43.4 Å². The SMILES string of the molecule is O=S(=O)(NCc1ccc(S(=O)(=O)N2CCCC2)cc1)C1CC1. The van der Waals surface area contributed by atoms with Crippen molar-refractivity contribution in [2.75, 3.05) is 13.1 Å². The first-order valence-electron chi connectivity index (χ1n) is 7.47. The van der Waals surface area contributed by atoms with E-state index >= 15 is 0 Å². The normalized spacial score (nSPS) is 20.4. The van der Waals surface area contributed by atoms with Crippen molar-refractivity contribution in [1.29, 1.82) is 0 Å². The molecule has 0 spiro atoms. The van der Waals surface area contributed by atoms with Crippen molar-refractivity contribution in [2.45, 2.75) is 42.4 Å². The molecule has 0 amide bonds. The lowest BCUT2D eigenvalue weighted by Crippen LogP contribution is -2.28.